The molecule has 0 radical (unpaired) electrons. The van der Waals surface area contributed by atoms with Crippen molar-refractivity contribution in [2.24, 2.45) is 5.41 Å². The molecule has 0 saturated carbocycles. The Kier molecular flexibility index (Phi) is 3.30. The molecule has 2 heterocycles. The molecule has 1 aromatic heterocycles. The Balaban J connectivity index is 2.11. The highest BCUT2D eigenvalue weighted by Gasteiger charge is 2.40. The van der Waals surface area contributed by atoms with E-state index in [1.165, 1.54) is 12.4 Å². The molecule has 17 heavy (non-hydrogen) atoms. The summed E-state index contributed by atoms with van der Waals surface area (Å²) >= 11 is 0. The summed E-state index contributed by atoms with van der Waals surface area (Å²) in [4.78, 5) is 19.8. The molecule has 88 valence electrons. The number of rotatable bonds is 2. The maximum atomic E-state index is 12.1. The van der Waals surface area contributed by atoms with E-state index >= 15 is 0 Å². The first-order valence-electron chi connectivity index (χ1n) is 5.34. The first-order valence-corrected chi connectivity index (χ1v) is 5.34. The Morgan fingerprint density at radius 2 is 2.06 bits per heavy atom. The molecule has 1 saturated heterocycles. The minimum absolute atomic E-state index is 0.221. The summed E-state index contributed by atoms with van der Waals surface area (Å²) in [6, 6.07) is 3.75. The fraction of sp³-hybridized carbons (Fsp3) is 0.455. The number of nitrogens with zero attached hydrogens (tertiary/aromatic N) is 3. The first-order chi connectivity index (χ1) is 8.27. The van der Waals surface area contributed by atoms with Crippen LogP contribution in [0.15, 0.2) is 18.5 Å². The van der Waals surface area contributed by atoms with Crippen LogP contribution in [0, 0.1) is 16.7 Å². The normalized spacial score (nSPS) is 18.1. The van der Waals surface area contributed by atoms with Gasteiger partial charge in [0, 0.05) is 25.6 Å². The highest BCUT2D eigenvalue weighted by atomic mass is 16.5. The van der Waals surface area contributed by atoms with Gasteiger partial charge in [0.1, 0.15) is 5.41 Å². The maximum absolute atomic E-state index is 12.1. The maximum Gasteiger partial charge on any atom is 0.247 e. The number of aromatic nitrogens is 2. The third-order valence-corrected chi connectivity index (χ3v) is 2.79. The second-order valence-corrected chi connectivity index (χ2v) is 3.83. The molecule has 1 fully saturated rings. The van der Waals surface area contributed by atoms with Crippen LogP contribution in [0.1, 0.15) is 12.8 Å². The number of ether oxygens (including phenoxy) is 1. The van der Waals surface area contributed by atoms with Crippen LogP contribution in [0.4, 0.5) is 5.95 Å². The Morgan fingerprint density at radius 3 is 2.65 bits per heavy atom. The zero-order valence-electron chi connectivity index (χ0n) is 9.22. The summed E-state index contributed by atoms with van der Waals surface area (Å²) in [6.45, 7) is 0.854. The van der Waals surface area contributed by atoms with Gasteiger partial charge in [-0.15, -0.1) is 0 Å². The lowest BCUT2D eigenvalue weighted by Gasteiger charge is -2.28. The van der Waals surface area contributed by atoms with E-state index in [2.05, 4.69) is 21.4 Å². The Hall–Kier alpha value is -2.00. The number of hydrogen-bond donors (Lipinski definition) is 1. The monoisotopic (exact) mass is 232 g/mol. The van der Waals surface area contributed by atoms with E-state index in [4.69, 9.17) is 4.74 Å². The number of nitriles is 1. The Bertz CT molecular complexity index is 435. The number of amides is 1. The summed E-state index contributed by atoms with van der Waals surface area (Å²) in [6.07, 6.45) is 3.88. The zero-order chi connectivity index (χ0) is 12.1. The molecule has 0 spiro atoms. The van der Waals surface area contributed by atoms with Crippen LogP contribution < -0.4 is 5.32 Å². The van der Waals surface area contributed by atoms with Gasteiger partial charge < -0.3 is 4.74 Å². The summed E-state index contributed by atoms with van der Waals surface area (Å²) in [5.74, 6) is -0.131. The van der Waals surface area contributed by atoms with Gasteiger partial charge >= 0.3 is 0 Å². The molecule has 2 rings (SSSR count). The van der Waals surface area contributed by atoms with E-state index in [9.17, 15) is 10.1 Å². The molecular weight excluding hydrogens is 220 g/mol. The van der Waals surface area contributed by atoms with Gasteiger partial charge in [0.25, 0.3) is 0 Å². The van der Waals surface area contributed by atoms with Gasteiger partial charge in [-0.3, -0.25) is 10.1 Å². The fourth-order valence-corrected chi connectivity index (χ4v) is 1.69. The van der Waals surface area contributed by atoms with E-state index in [0.29, 0.717) is 26.1 Å². The van der Waals surface area contributed by atoms with Gasteiger partial charge in [-0.25, -0.2) is 9.97 Å². The minimum Gasteiger partial charge on any atom is -0.381 e. The molecule has 1 amide bonds. The molecular formula is C11H12N4O2. The average Bonchev–Trinajstić information content (AvgIpc) is 2.40. The minimum atomic E-state index is -1.02. The molecule has 0 aliphatic carbocycles. The quantitative estimate of drug-likeness (QED) is 0.812. The van der Waals surface area contributed by atoms with E-state index < -0.39 is 5.41 Å². The number of nitrogens with one attached hydrogen (secondary N) is 1. The van der Waals surface area contributed by atoms with E-state index in [0.717, 1.165) is 0 Å². The predicted octanol–water partition coefficient (Wildman–Crippen LogP) is 0.735. The highest BCUT2D eigenvalue weighted by Crippen LogP contribution is 2.30. The highest BCUT2D eigenvalue weighted by molar-refractivity contribution is 5.95. The molecule has 1 N–H and O–H groups in total. The molecule has 0 bridgehead atoms. The van der Waals surface area contributed by atoms with Gasteiger partial charge in [0.05, 0.1) is 6.07 Å². The summed E-state index contributed by atoms with van der Waals surface area (Å²) < 4.78 is 5.16. The number of carbonyl (C=O) groups excluding carboxylic acids is 1. The molecule has 6 nitrogen and oxygen atoms in total. The fourth-order valence-electron chi connectivity index (χ4n) is 1.69. The molecule has 1 aromatic rings. The third kappa shape index (κ3) is 2.40. The Morgan fingerprint density at radius 1 is 1.41 bits per heavy atom. The largest absolute Gasteiger partial charge is 0.381 e. The number of hydrogen-bond acceptors (Lipinski definition) is 5. The third-order valence-electron chi connectivity index (χ3n) is 2.79. The van der Waals surface area contributed by atoms with Crippen molar-refractivity contribution in [1.82, 2.24) is 9.97 Å². The van der Waals surface area contributed by atoms with Crippen molar-refractivity contribution >= 4 is 11.9 Å². The van der Waals surface area contributed by atoms with Crippen LogP contribution >= 0.6 is 0 Å². The van der Waals surface area contributed by atoms with Crippen molar-refractivity contribution < 1.29 is 9.53 Å². The van der Waals surface area contributed by atoms with Crippen molar-refractivity contribution in [3.8, 4) is 6.07 Å². The second kappa shape index (κ2) is 4.89. The number of carbonyl (C=O) groups is 1. The van der Waals surface area contributed by atoms with Gasteiger partial charge in [0.2, 0.25) is 11.9 Å². The lowest BCUT2D eigenvalue weighted by Crippen LogP contribution is -2.40. The predicted molar refractivity (Wildman–Crippen MR) is 58.8 cm³/mol. The van der Waals surface area contributed by atoms with Crippen LogP contribution in [-0.2, 0) is 9.53 Å². The SMILES string of the molecule is N#CC1(C(=O)Nc2ncccn2)CCOCC1. The van der Waals surface area contributed by atoms with Crippen molar-refractivity contribution in [1.29, 1.82) is 5.26 Å². The first kappa shape index (κ1) is 11.5. The Labute approximate surface area is 98.6 Å². The second-order valence-electron chi connectivity index (χ2n) is 3.83. The smallest absolute Gasteiger partial charge is 0.247 e. The van der Waals surface area contributed by atoms with Crippen LogP contribution in [0.3, 0.4) is 0 Å². The van der Waals surface area contributed by atoms with Gasteiger partial charge in [-0.05, 0) is 18.9 Å². The van der Waals surface area contributed by atoms with Crippen LogP contribution in [0.2, 0.25) is 0 Å². The molecule has 1 aliphatic heterocycles. The van der Waals surface area contributed by atoms with Gasteiger partial charge in [0.15, 0.2) is 0 Å². The van der Waals surface area contributed by atoms with Gasteiger partial charge in [-0.1, -0.05) is 0 Å². The van der Waals surface area contributed by atoms with Crippen molar-refractivity contribution in [3.63, 3.8) is 0 Å². The van der Waals surface area contributed by atoms with E-state index in [1.807, 2.05) is 0 Å². The van der Waals surface area contributed by atoms with Crippen LogP contribution in [-0.4, -0.2) is 29.1 Å². The summed E-state index contributed by atoms with van der Waals surface area (Å²) in [7, 11) is 0. The van der Waals surface area contributed by atoms with Crippen LogP contribution in [0.25, 0.3) is 0 Å². The lowest BCUT2D eigenvalue weighted by molar-refractivity contribution is -0.126. The summed E-state index contributed by atoms with van der Waals surface area (Å²) in [5, 5.41) is 11.7. The molecule has 6 heteroatoms. The topological polar surface area (TPSA) is 87.9 Å². The number of anilines is 1. The molecule has 1 aliphatic rings. The lowest BCUT2D eigenvalue weighted by atomic mass is 9.81. The standard InChI is InChI=1S/C11H12N4O2/c12-8-11(2-6-17-7-3-11)9(16)15-10-13-4-1-5-14-10/h1,4-5H,2-3,6-7H2,(H,13,14,15,16). The molecule has 0 atom stereocenters. The van der Waals surface area contributed by atoms with Gasteiger partial charge in [-0.2, -0.15) is 5.26 Å². The molecule has 0 aromatic carbocycles. The average molecular weight is 232 g/mol. The van der Waals surface area contributed by atoms with Crippen molar-refractivity contribution in [3.05, 3.63) is 18.5 Å². The van der Waals surface area contributed by atoms with Crippen LogP contribution in [0.5, 0.6) is 0 Å². The molecule has 0 unspecified atom stereocenters. The van der Waals surface area contributed by atoms with Crippen molar-refractivity contribution in [2.75, 3.05) is 18.5 Å². The van der Waals surface area contributed by atoms with E-state index in [1.54, 1.807) is 6.07 Å². The zero-order valence-corrected chi connectivity index (χ0v) is 9.22. The van der Waals surface area contributed by atoms with Crippen molar-refractivity contribution in [2.45, 2.75) is 12.8 Å². The van der Waals surface area contributed by atoms with E-state index in [-0.39, 0.29) is 11.9 Å². The summed E-state index contributed by atoms with van der Waals surface area (Å²) in [5.41, 5.74) is -1.02.